The van der Waals surface area contributed by atoms with Crippen LogP contribution in [0.2, 0.25) is 0 Å². The maximum absolute atomic E-state index is 9.78. The van der Waals surface area contributed by atoms with Gasteiger partial charge in [0, 0.05) is 59.8 Å². The fraction of sp³-hybridized carbons (Fsp3) is 0.407. The van der Waals surface area contributed by atoms with Gasteiger partial charge in [0.25, 0.3) is 0 Å². The molecule has 0 unspecified atom stereocenters. The zero-order chi connectivity index (χ0) is 27.8. The molecule has 0 bridgehead atoms. The van der Waals surface area contributed by atoms with Crippen LogP contribution in [0, 0.1) is 6.92 Å². The van der Waals surface area contributed by atoms with E-state index in [4.69, 9.17) is 21.7 Å². The minimum absolute atomic E-state index is 0.0871. The Bertz CT molecular complexity index is 1100. The first kappa shape index (κ1) is 31.7. The van der Waals surface area contributed by atoms with Gasteiger partial charge in [0.15, 0.2) is 0 Å². The third kappa shape index (κ3) is 9.60. The number of aromatic hydroxyl groups is 3. The second-order valence-electron chi connectivity index (χ2n) is 8.14. The molecule has 2 heterocycles. The van der Waals surface area contributed by atoms with Crippen LogP contribution < -0.4 is 16.8 Å². The summed E-state index contributed by atoms with van der Waals surface area (Å²) in [4.78, 5) is 7.97. The average Bonchev–Trinajstić information content (AvgIpc) is 2.91. The largest absolute Gasteiger partial charge is 0.508 e. The first-order chi connectivity index (χ1) is 17.8. The molecule has 0 saturated carbocycles. The number of aromatic nitrogens is 2. The Morgan fingerprint density at radius 3 is 1.89 bits per heavy atom. The molecule has 37 heavy (non-hydrogen) atoms. The molecule has 3 rings (SSSR count). The molecule has 3 aromatic rings. The van der Waals surface area contributed by atoms with Crippen LogP contribution >= 0.6 is 0 Å². The second-order valence-corrected chi connectivity index (χ2v) is 8.14. The topological polar surface area (TPSA) is 191 Å². The lowest BCUT2D eigenvalue weighted by Crippen LogP contribution is -2.11. The quantitative estimate of drug-likeness (QED) is 0.210. The third-order valence-corrected chi connectivity index (χ3v) is 5.55. The van der Waals surface area contributed by atoms with Gasteiger partial charge in [0.2, 0.25) is 0 Å². The van der Waals surface area contributed by atoms with Gasteiger partial charge in [-0.25, -0.2) is 0 Å². The van der Waals surface area contributed by atoms with Crippen LogP contribution in [0.25, 0.3) is 0 Å². The predicted molar refractivity (Wildman–Crippen MR) is 144 cm³/mol. The number of benzene rings is 1. The molecule has 0 aliphatic heterocycles. The summed E-state index contributed by atoms with van der Waals surface area (Å²) < 4.78 is 0. The molecule has 0 fully saturated rings. The molecule has 0 atom stereocenters. The lowest BCUT2D eigenvalue weighted by molar-refractivity contribution is 0.278. The molecule has 0 radical (unpaired) electrons. The average molecular weight is 516 g/mol. The maximum atomic E-state index is 9.78. The van der Waals surface area contributed by atoms with E-state index in [-0.39, 0.29) is 37.8 Å². The molecule has 0 aliphatic rings. The van der Waals surface area contributed by atoms with Crippen LogP contribution in [-0.2, 0) is 39.3 Å². The first-order valence-electron chi connectivity index (χ1n) is 12.2. The molecular formula is C27H41N5O5. The van der Waals surface area contributed by atoms with Crippen molar-refractivity contribution >= 4 is 0 Å². The van der Waals surface area contributed by atoms with Gasteiger partial charge in [-0.15, -0.1) is 0 Å². The summed E-state index contributed by atoms with van der Waals surface area (Å²) in [5.41, 5.74) is 15.4. The number of nitrogens with two attached hydrogens (primary N) is 2. The van der Waals surface area contributed by atoms with E-state index in [0.717, 1.165) is 31.5 Å². The van der Waals surface area contributed by atoms with Gasteiger partial charge in [0.05, 0.1) is 24.6 Å². The van der Waals surface area contributed by atoms with Crippen molar-refractivity contribution in [3.63, 3.8) is 0 Å². The molecule has 0 amide bonds. The van der Waals surface area contributed by atoms with Crippen molar-refractivity contribution in [2.24, 2.45) is 11.5 Å². The van der Waals surface area contributed by atoms with Crippen LogP contribution in [-0.4, -0.2) is 42.0 Å². The van der Waals surface area contributed by atoms with Crippen molar-refractivity contribution in [2.45, 2.75) is 66.5 Å². The number of nitrogens with zero attached hydrogens (tertiary/aromatic N) is 2. The van der Waals surface area contributed by atoms with Crippen LogP contribution in [0.4, 0.5) is 0 Å². The second kappa shape index (κ2) is 17.2. The highest BCUT2D eigenvalue weighted by Gasteiger charge is 2.11. The molecule has 0 spiro atoms. The van der Waals surface area contributed by atoms with Crippen molar-refractivity contribution in [3.05, 3.63) is 75.9 Å². The van der Waals surface area contributed by atoms with E-state index in [1.165, 1.54) is 6.20 Å². The minimum Gasteiger partial charge on any atom is -0.508 e. The van der Waals surface area contributed by atoms with Gasteiger partial charge in [-0.05, 0) is 26.0 Å². The number of hydrogen-bond donors (Lipinski definition) is 8. The standard InChI is InChI=1S/C10H16N2O2.C9H13NO.C8H12N2O2/c1-2-3-9-10(14)8(4-11)7(6-13)5-12-9;1-2-10-7-8-5-3-4-6-9(8)11;1-5-8(12)7(2-9)6(4-11)3-10-5/h5,13-14H,2-4,6,11H2,1H3;3-6,10-11H,2,7H2,1H3;3,11-12H,2,4,9H2,1H3. The number of phenolic OH excluding ortho intramolecular Hbond substituents is 1. The number of nitrogens with one attached hydrogen (secondary N) is 1. The molecular weight excluding hydrogens is 474 g/mol. The number of rotatable bonds is 9. The fourth-order valence-corrected chi connectivity index (χ4v) is 3.37. The van der Waals surface area contributed by atoms with Crippen molar-refractivity contribution in [3.8, 4) is 17.2 Å². The summed E-state index contributed by atoms with van der Waals surface area (Å²) in [7, 11) is 0. The van der Waals surface area contributed by atoms with Crippen LogP contribution in [0.3, 0.4) is 0 Å². The Labute approximate surface area is 218 Å². The Morgan fingerprint density at radius 2 is 1.38 bits per heavy atom. The monoisotopic (exact) mass is 515 g/mol. The fourth-order valence-electron chi connectivity index (χ4n) is 3.37. The van der Waals surface area contributed by atoms with Gasteiger partial charge in [-0.1, -0.05) is 38.5 Å². The van der Waals surface area contributed by atoms with Crippen LogP contribution in [0.1, 0.15) is 59.5 Å². The van der Waals surface area contributed by atoms with E-state index in [9.17, 15) is 15.3 Å². The number of para-hydroxylation sites is 1. The van der Waals surface area contributed by atoms with Crippen molar-refractivity contribution in [2.75, 3.05) is 6.54 Å². The molecule has 2 aromatic heterocycles. The van der Waals surface area contributed by atoms with Gasteiger partial charge < -0.3 is 42.3 Å². The van der Waals surface area contributed by atoms with Gasteiger partial charge in [-0.3, -0.25) is 9.97 Å². The third-order valence-electron chi connectivity index (χ3n) is 5.55. The summed E-state index contributed by atoms with van der Waals surface area (Å²) in [5.74, 6) is 0.596. The molecule has 0 aliphatic carbocycles. The van der Waals surface area contributed by atoms with E-state index in [1.54, 1.807) is 19.2 Å². The molecule has 10 N–H and O–H groups in total. The Balaban J connectivity index is 0.000000280. The van der Waals surface area contributed by atoms with E-state index in [2.05, 4.69) is 15.3 Å². The van der Waals surface area contributed by atoms with Gasteiger partial charge >= 0.3 is 0 Å². The maximum Gasteiger partial charge on any atom is 0.141 e. The molecule has 10 heteroatoms. The number of aryl methyl sites for hydroxylation is 2. The summed E-state index contributed by atoms with van der Waals surface area (Å²) in [6.45, 7) is 7.56. The zero-order valence-corrected chi connectivity index (χ0v) is 21.9. The van der Waals surface area contributed by atoms with Crippen LogP contribution in [0.15, 0.2) is 36.7 Å². The Morgan fingerprint density at radius 1 is 0.811 bits per heavy atom. The number of aliphatic hydroxyl groups is 2. The highest BCUT2D eigenvalue weighted by atomic mass is 16.3. The lowest BCUT2D eigenvalue weighted by Gasteiger charge is -2.10. The number of phenols is 1. The van der Waals surface area contributed by atoms with Crippen LogP contribution in [0.5, 0.6) is 17.2 Å². The molecule has 10 nitrogen and oxygen atoms in total. The smallest absolute Gasteiger partial charge is 0.141 e. The van der Waals surface area contributed by atoms with E-state index < -0.39 is 0 Å². The minimum atomic E-state index is -0.145. The first-order valence-corrected chi connectivity index (χ1v) is 12.2. The Hall–Kier alpha value is -3.28. The summed E-state index contributed by atoms with van der Waals surface area (Å²) >= 11 is 0. The molecule has 0 saturated heterocycles. The Kier molecular flexibility index (Phi) is 14.8. The highest BCUT2D eigenvalue weighted by molar-refractivity contribution is 5.41. The van der Waals surface area contributed by atoms with E-state index >= 15 is 0 Å². The summed E-state index contributed by atoms with van der Waals surface area (Å²) in [5, 5.41) is 49.5. The highest BCUT2D eigenvalue weighted by Crippen LogP contribution is 2.25. The predicted octanol–water partition coefficient (Wildman–Crippen LogP) is 2.24. The van der Waals surface area contributed by atoms with E-state index in [0.29, 0.717) is 39.4 Å². The summed E-state index contributed by atoms with van der Waals surface area (Å²) in [6.07, 6.45) is 4.75. The molecule has 204 valence electrons. The lowest BCUT2D eigenvalue weighted by atomic mass is 10.1. The number of aliphatic hydroxyl groups excluding tert-OH is 2. The van der Waals surface area contributed by atoms with Crippen molar-refractivity contribution in [1.82, 2.24) is 15.3 Å². The zero-order valence-electron chi connectivity index (χ0n) is 21.9. The molecule has 1 aromatic carbocycles. The van der Waals surface area contributed by atoms with Crippen molar-refractivity contribution < 1.29 is 25.5 Å². The SMILES string of the molecule is CCCc1ncc(CO)c(CN)c1O.CCNCc1ccccc1O.Cc1ncc(CO)c(CN)c1O. The van der Waals surface area contributed by atoms with Gasteiger partial charge in [0.1, 0.15) is 17.2 Å². The van der Waals surface area contributed by atoms with Gasteiger partial charge in [-0.2, -0.15) is 0 Å². The summed E-state index contributed by atoms with van der Waals surface area (Å²) in [6, 6.07) is 7.36. The number of pyridine rings is 2. The van der Waals surface area contributed by atoms with Crippen molar-refractivity contribution in [1.29, 1.82) is 0 Å². The van der Waals surface area contributed by atoms with E-state index in [1.807, 2.05) is 32.0 Å². The number of hydrogen-bond acceptors (Lipinski definition) is 10. The normalized spacial score (nSPS) is 10.2.